The van der Waals surface area contributed by atoms with Crippen LogP contribution in [0.15, 0.2) is 12.2 Å². The van der Waals surface area contributed by atoms with Crippen LogP contribution in [0.25, 0.3) is 0 Å². The van der Waals surface area contributed by atoms with Gasteiger partial charge in [-0.05, 0) is 31.8 Å². The van der Waals surface area contributed by atoms with E-state index in [-0.39, 0.29) is 5.78 Å². The first-order valence-corrected chi connectivity index (χ1v) is 4.93. The van der Waals surface area contributed by atoms with E-state index in [0.29, 0.717) is 5.92 Å². The first-order valence-electron chi connectivity index (χ1n) is 4.93. The predicted molar refractivity (Wildman–Crippen MR) is 54.5 cm³/mol. The quantitative estimate of drug-likeness (QED) is 0.643. The second-order valence-electron chi connectivity index (χ2n) is 3.63. The first kappa shape index (κ1) is 12.4. The van der Waals surface area contributed by atoms with Gasteiger partial charge in [0.15, 0.2) is 5.78 Å². The molecule has 0 spiro atoms. The molecule has 0 aliphatic heterocycles. The van der Waals surface area contributed by atoms with Gasteiger partial charge in [0.2, 0.25) is 0 Å². The summed E-state index contributed by atoms with van der Waals surface area (Å²) in [5.74, 6) is 0.642. The van der Waals surface area contributed by atoms with E-state index in [1.54, 1.807) is 6.08 Å². The van der Waals surface area contributed by atoms with Gasteiger partial charge < -0.3 is 5.11 Å². The largest absolute Gasteiger partial charge is 0.389 e. The highest BCUT2D eigenvalue weighted by atomic mass is 16.3. The summed E-state index contributed by atoms with van der Waals surface area (Å²) in [6.45, 7) is 5.79. The summed E-state index contributed by atoms with van der Waals surface area (Å²) < 4.78 is 0. The minimum Gasteiger partial charge on any atom is -0.389 e. The molecule has 0 fully saturated rings. The molecule has 0 radical (unpaired) electrons. The summed E-state index contributed by atoms with van der Waals surface area (Å²) in [6.07, 6.45) is 5.45. The van der Waals surface area contributed by atoms with E-state index in [2.05, 4.69) is 13.8 Å². The van der Waals surface area contributed by atoms with Crippen molar-refractivity contribution in [2.45, 2.75) is 46.1 Å². The van der Waals surface area contributed by atoms with Crippen LogP contribution in [0.2, 0.25) is 0 Å². The van der Waals surface area contributed by atoms with Gasteiger partial charge in [-0.3, -0.25) is 4.79 Å². The molecule has 0 aliphatic rings. The Balaban J connectivity index is 3.62. The van der Waals surface area contributed by atoms with Gasteiger partial charge in [-0.2, -0.15) is 0 Å². The number of rotatable bonds is 6. The number of allylic oxidation sites excluding steroid dienone is 1. The number of carbonyl (C=O) groups is 1. The van der Waals surface area contributed by atoms with Crippen molar-refractivity contribution < 1.29 is 9.90 Å². The molecular weight excluding hydrogens is 164 g/mol. The first-order chi connectivity index (χ1) is 6.06. The van der Waals surface area contributed by atoms with Crippen LogP contribution in [0.4, 0.5) is 0 Å². The van der Waals surface area contributed by atoms with Gasteiger partial charge in [0, 0.05) is 0 Å². The zero-order chi connectivity index (χ0) is 10.3. The Kier molecular flexibility index (Phi) is 6.51. The third-order valence-corrected chi connectivity index (χ3v) is 2.21. The highest BCUT2D eigenvalue weighted by Crippen LogP contribution is 2.11. The second kappa shape index (κ2) is 6.84. The molecule has 2 nitrogen and oxygen atoms in total. The van der Waals surface area contributed by atoms with E-state index in [9.17, 15) is 9.90 Å². The van der Waals surface area contributed by atoms with Crippen molar-refractivity contribution in [2.75, 3.05) is 0 Å². The van der Waals surface area contributed by atoms with Crippen LogP contribution < -0.4 is 0 Å². The molecule has 0 saturated carbocycles. The molecule has 0 aromatic heterocycles. The van der Waals surface area contributed by atoms with E-state index >= 15 is 0 Å². The minimum absolute atomic E-state index is 0.0115. The molecule has 0 rings (SSSR count). The maximum atomic E-state index is 10.5. The molecule has 0 bridgehead atoms. The average Bonchev–Trinajstić information content (AvgIpc) is 2.10. The number of ketones is 1. The number of hydrogen-bond acceptors (Lipinski definition) is 2. The lowest BCUT2D eigenvalue weighted by molar-refractivity contribution is -0.112. The second-order valence-corrected chi connectivity index (χ2v) is 3.63. The van der Waals surface area contributed by atoms with Gasteiger partial charge in [-0.1, -0.05) is 26.3 Å². The van der Waals surface area contributed by atoms with E-state index in [4.69, 9.17) is 0 Å². The Hall–Kier alpha value is -0.630. The highest BCUT2D eigenvalue weighted by molar-refractivity contribution is 5.87. The molecule has 0 aromatic carbocycles. The van der Waals surface area contributed by atoms with Gasteiger partial charge in [-0.25, -0.2) is 0 Å². The average molecular weight is 184 g/mol. The molecule has 1 N–H and O–H groups in total. The third kappa shape index (κ3) is 7.72. The number of hydrogen-bond donors (Lipinski definition) is 1. The summed E-state index contributed by atoms with van der Waals surface area (Å²) in [7, 11) is 0. The standard InChI is InChI=1S/C11H20O2/c1-4-9(2)5-7-11(13)8-6-10(3)12/h6,8-9,11,13H,4-5,7H2,1-3H3/b8-6+. The molecule has 76 valence electrons. The van der Waals surface area contributed by atoms with Crippen LogP contribution in [0.5, 0.6) is 0 Å². The van der Waals surface area contributed by atoms with Crippen molar-refractivity contribution in [3.8, 4) is 0 Å². The van der Waals surface area contributed by atoms with Crippen molar-refractivity contribution in [3.05, 3.63) is 12.2 Å². The topological polar surface area (TPSA) is 37.3 Å². The van der Waals surface area contributed by atoms with Crippen molar-refractivity contribution in [1.82, 2.24) is 0 Å². The number of carbonyl (C=O) groups excluding carboxylic acids is 1. The summed E-state index contributed by atoms with van der Waals surface area (Å²) in [6, 6.07) is 0. The fraction of sp³-hybridized carbons (Fsp3) is 0.727. The lowest BCUT2D eigenvalue weighted by Gasteiger charge is -2.09. The minimum atomic E-state index is -0.460. The summed E-state index contributed by atoms with van der Waals surface area (Å²) in [5.41, 5.74) is 0. The molecule has 13 heavy (non-hydrogen) atoms. The van der Waals surface area contributed by atoms with Gasteiger partial charge >= 0.3 is 0 Å². The Labute approximate surface area is 80.7 Å². The molecule has 0 heterocycles. The van der Waals surface area contributed by atoms with Crippen molar-refractivity contribution in [1.29, 1.82) is 0 Å². The third-order valence-electron chi connectivity index (χ3n) is 2.21. The molecule has 2 heteroatoms. The molecule has 0 aromatic rings. The van der Waals surface area contributed by atoms with Gasteiger partial charge in [0.1, 0.15) is 0 Å². The van der Waals surface area contributed by atoms with Crippen molar-refractivity contribution >= 4 is 5.78 Å². The SMILES string of the molecule is CCC(C)CCC(O)/C=C/C(C)=O. The normalized spacial score (nSPS) is 16.0. The van der Waals surface area contributed by atoms with Gasteiger partial charge in [0.25, 0.3) is 0 Å². The van der Waals surface area contributed by atoms with Gasteiger partial charge in [0.05, 0.1) is 6.10 Å². The maximum Gasteiger partial charge on any atom is 0.152 e. The van der Waals surface area contributed by atoms with Crippen LogP contribution in [0.1, 0.15) is 40.0 Å². The monoisotopic (exact) mass is 184 g/mol. The lowest BCUT2D eigenvalue weighted by atomic mass is 10.0. The summed E-state index contributed by atoms with van der Waals surface area (Å²) in [4.78, 5) is 10.5. The Morgan fingerprint density at radius 3 is 2.54 bits per heavy atom. The zero-order valence-corrected chi connectivity index (χ0v) is 8.79. The summed E-state index contributed by atoms with van der Waals surface area (Å²) in [5, 5.41) is 9.40. The highest BCUT2D eigenvalue weighted by Gasteiger charge is 2.03. The van der Waals surface area contributed by atoms with Crippen LogP contribution in [0.3, 0.4) is 0 Å². The van der Waals surface area contributed by atoms with Crippen LogP contribution >= 0.6 is 0 Å². The lowest BCUT2D eigenvalue weighted by Crippen LogP contribution is -2.05. The Morgan fingerprint density at radius 2 is 2.08 bits per heavy atom. The summed E-state index contributed by atoms with van der Waals surface area (Å²) >= 11 is 0. The predicted octanol–water partition coefficient (Wildman–Crippen LogP) is 2.32. The fourth-order valence-corrected chi connectivity index (χ4v) is 1.00. The Morgan fingerprint density at radius 1 is 1.46 bits per heavy atom. The van der Waals surface area contributed by atoms with Crippen molar-refractivity contribution in [3.63, 3.8) is 0 Å². The van der Waals surface area contributed by atoms with E-state index in [0.717, 1.165) is 19.3 Å². The van der Waals surface area contributed by atoms with E-state index < -0.39 is 6.10 Å². The molecule has 0 saturated heterocycles. The van der Waals surface area contributed by atoms with E-state index in [1.807, 2.05) is 0 Å². The van der Waals surface area contributed by atoms with E-state index in [1.165, 1.54) is 13.0 Å². The zero-order valence-electron chi connectivity index (χ0n) is 8.79. The van der Waals surface area contributed by atoms with Crippen molar-refractivity contribution in [2.24, 2.45) is 5.92 Å². The number of aliphatic hydroxyl groups is 1. The Bertz CT molecular complexity index is 173. The molecule has 2 unspecified atom stereocenters. The molecule has 0 aliphatic carbocycles. The van der Waals surface area contributed by atoms with Crippen LogP contribution in [-0.4, -0.2) is 17.0 Å². The van der Waals surface area contributed by atoms with Crippen LogP contribution in [0, 0.1) is 5.92 Å². The maximum absolute atomic E-state index is 10.5. The van der Waals surface area contributed by atoms with Gasteiger partial charge in [-0.15, -0.1) is 0 Å². The molecule has 2 atom stereocenters. The molecular formula is C11H20O2. The number of aliphatic hydroxyl groups excluding tert-OH is 1. The van der Waals surface area contributed by atoms with Crippen LogP contribution in [-0.2, 0) is 4.79 Å². The fourth-order valence-electron chi connectivity index (χ4n) is 1.00. The molecule has 0 amide bonds. The smallest absolute Gasteiger partial charge is 0.152 e.